The molecule has 1 aliphatic rings. The van der Waals surface area contributed by atoms with Crippen LogP contribution in [0.2, 0.25) is 0 Å². The number of fused-ring (bicyclic) bond motifs is 1. The third-order valence-electron chi connectivity index (χ3n) is 4.30. The summed E-state index contributed by atoms with van der Waals surface area (Å²) in [6.45, 7) is 3.99. The van der Waals surface area contributed by atoms with Gasteiger partial charge in [-0.05, 0) is 49.4 Å². The van der Waals surface area contributed by atoms with Gasteiger partial charge >= 0.3 is 0 Å². The molecule has 1 atom stereocenters. The molecular weight excluding hydrogens is 336 g/mol. The van der Waals surface area contributed by atoms with Gasteiger partial charge in [-0.2, -0.15) is 0 Å². The molecule has 1 aromatic heterocycles. The summed E-state index contributed by atoms with van der Waals surface area (Å²) in [4.78, 5) is 29.4. The van der Waals surface area contributed by atoms with E-state index in [1.54, 1.807) is 35.6 Å². The van der Waals surface area contributed by atoms with Crippen molar-refractivity contribution in [2.24, 2.45) is 5.92 Å². The van der Waals surface area contributed by atoms with E-state index in [4.69, 9.17) is 4.74 Å². The molecular formula is C19H22N2O3S. The van der Waals surface area contributed by atoms with Crippen molar-refractivity contribution in [1.29, 1.82) is 0 Å². The summed E-state index contributed by atoms with van der Waals surface area (Å²) < 4.78 is 5.48. The van der Waals surface area contributed by atoms with Crippen LogP contribution in [-0.2, 0) is 17.6 Å². The predicted octanol–water partition coefficient (Wildman–Crippen LogP) is 3.88. The number of anilines is 1. The van der Waals surface area contributed by atoms with E-state index < -0.39 is 0 Å². The fraction of sp³-hybridized carbons (Fsp3) is 0.421. The maximum absolute atomic E-state index is 12.1. The molecule has 1 N–H and O–H groups in total. The number of hydrogen-bond acceptors (Lipinski definition) is 5. The Kier molecular flexibility index (Phi) is 5.48. The highest BCUT2D eigenvalue weighted by Gasteiger charge is 2.20. The zero-order valence-electron chi connectivity index (χ0n) is 14.5. The van der Waals surface area contributed by atoms with Gasteiger partial charge in [0.05, 0.1) is 5.69 Å². The Bertz CT molecular complexity index is 767. The quantitative estimate of drug-likeness (QED) is 0.796. The van der Waals surface area contributed by atoms with Crippen molar-refractivity contribution >= 4 is 28.2 Å². The number of ketones is 1. The Morgan fingerprint density at radius 3 is 2.80 bits per heavy atom. The van der Waals surface area contributed by atoms with Gasteiger partial charge in [-0.1, -0.05) is 13.8 Å². The van der Waals surface area contributed by atoms with Crippen molar-refractivity contribution in [1.82, 2.24) is 4.98 Å². The summed E-state index contributed by atoms with van der Waals surface area (Å²) in [7, 11) is 0. The van der Waals surface area contributed by atoms with E-state index in [2.05, 4.69) is 17.2 Å². The van der Waals surface area contributed by atoms with Gasteiger partial charge in [-0.25, -0.2) is 4.98 Å². The lowest BCUT2D eigenvalue weighted by atomic mass is 9.93. The minimum absolute atomic E-state index is 0.0816. The van der Waals surface area contributed by atoms with Crippen LogP contribution in [0.1, 0.15) is 47.6 Å². The molecule has 0 saturated heterocycles. The normalized spacial score (nSPS) is 16.2. The molecule has 5 nitrogen and oxygen atoms in total. The van der Waals surface area contributed by atoms with Gasteiger partial charge in [0.25, 0.3) is 5.91 Å². The van der Waals surface area contributed by atoms with Crippen molar-refractivity contribution in [3.63, 3.8) is 0 Å². The number of benzene rings is 1. The molecule has 1 heterocycles. The molecule has 0 radical (unpaired) electrons. The molecule has 6 heteroatoms. The first-order chi connectivity index (χ1) is 12.0. The van der Waals surface area contributed by atoms with Crippen LogP contribution in [0, 0.1) is 5.92 Å². The number of Topliss-reactive ketones (excluding diaryl/α,β-unsaturated/α-hetero) is 1. The maximum Gasteiger partial charge on any atom is 0.264 e. The molecule has 1 unspecified atom stereocenters. The smallest absolute Gasteiger partial charge is 0.264 e. The lowest BCUT2D eigenvalue weighted by Crippen LogP contribution is -2.20. The second-order valence-electron chi connectivity index (χ2n) is 6.37. The first-order valence-electron chi connectivity index (χ1n) is 8.59. The highest BCUT2D eigenvalue weighted by Crippen LogP contribution is 2.32. The van der Waals surface area contributed by atoms with Crippen LogP contribution in [0.5, 0.6) is 5.75 Å². The Balaban J connectivity index is 1.52. The van der Waals surface area contributed by atoms with Gasteiger partial charge < -0.3 is 4.74 Å². The van der Waals surface area contributed by atoms with E-state index in [0.29, 0.717) is 28.8 Å². The van der Waals surface area contributed by atoms with Gasteiger partial charge in [0, 0.05) is 16.9 Å². The van der Waals surface area contributed by atoms with Gasteiger partial charge in [0.15, 0.2) is 17.5 Å². The maximum atomic E-state index is 12.1. The van der Waals surface area contributed by atoms with E-state index in [-0.39, 0.29) is 18.3 Å². The van der Waals surface area contributed by atoms with Crippen LogP contribution in [0.4, 0.5) is 5.13 Å². The summed E-state index contributed by atoms with van der Waals surface area (Å²) >= 11 is 1.56. The number of hydrogen-bond donors (Lipinski definition) is 1. The Hall–Kier alpha value is -2.21. The van der Waals surface area contributed by atoms with Crippen LogP contribution in [0.15, 0.2) is 24.3 Å². The minimum atomic E-state index is -0.229. The van der Waals surface area contributed by atoms with Gasteiger partial charge in [-0.15, -0.1) is 11.3 Å². The van der Waals surface area contributed by atoms with E-state index in [1.165, 1.54) is 4.88 Å². The number of aryl methyl sites for hydroxylation is 1. The lowest BCUT2D eigenvalue weighted by molar-refractivity contribution is -0.118. The second-order valence-corrected chi connectivity index (χ2v) is 7.46. The summed E-state index contributed by atoms with van der Waals surface area (Å²) in [5, 5.41) is 3.46. The number of ether oxygens (including phenoxy) is 1. The molecule has 0 spiro atoms. The topological polar surface area (TPSA) is 68.3 Å². The summed E-state index contributed by atoms with van der Waals surface area (Å²) in [5.41, 5.74) is 1.78. The van der Waals surface area contributed by atoms with E-state index in [0.717, 1.165) is 25.0 Å². The molecule has 1 aromatic carbocycles. The third kappa shape index (κ3) is 4.45. The SMILES string of the molecule is CCC(=O)c1ccc(OCC(=O)Nc2nc3c(s2)CC(C)CC3)cc1. The van der Waals surface area contributed by atoms with Crippen molar-refractivity contribution < 1.29 is 14.3 Å². The lowest BCUT2D eigenvalue weighted by Gasteiger charge is -2.15. The van der Waals surface area contributed by atoms with E-state index in [1.807, 2.05) is 6.92 Å². The van der Waals surface area contributed by atoms with Gasteiger partial charge in [0.2, 0.25) is 0 Å². The molecule has 132 valence electrons. The van der Waals surface area contributed by atoms with Crippen LogP contribution >= 0.6 is 11.3 Å². The fourth-order valence-electron chi connectivity index (χ4n) is 2.84. The zero-order valence-corrected chi connectivity index (χ0v) is 15.3. The van der Waals surface area contributed by atoms with Crippen LogP contribution in [0.3, 0.4) is 0 Å². The van der Waals surface area contributed by atoms with Gasteiger partial charge in [0.1, 0.15) is 5.75 Å². The Labute approximate surface area is 151 Å². The summed E-state index contributed by atoms with van der Waals surface area (Å²) in [6.07, 6.45) is 3.66. The average molecular weight is 358 g/mol. The molecule has 0 fully saturated rings. The first kappa shape index (κ1) is 17.6. The van der Waals surface area contributed by atoms with E-state index >= 15 is 0 Å². The number of rotatable bonds is 6. The van der Waals surface area contributed by atoms with Crippen LogP contribution in [-0.4, -0.2) is 23.3 Å². The minimum Gasteiger partial charge on any atom is -0.484 e. The zero-order chi connectivity index (χ0) is 17.8. The van der Waals surface area contributed by atoms with Crippen molar-refractivity contribution in [2.75, 3.05) is 11.9 Å². The monoisotopic (exact) mass is 358 g/mol. The molecule has 3 rings (SSSR count). The highest BCUT2D eigenvalue weighted by atomic mass is 32.1. The molecule has 25 heavy (non-hydrogen) atoms. The largest absolute Gasteiger partial charge is 0.484 e. The predicted molar refractivity (Wildman–Crippen MR) is 98.5 cm³/mol. The molecule has 0 saturated carbocycles. The van der Waals surface area contributed by atoms with Crippen LogP contribution < -0.4 is 10.1 Å². The Morgan fingerprint density at radius 1 is 1.32 bits per heavy atom. The number of aromatic nitrogens is 1. The third-order valence-corrected chi connectivity index (χ3v) is 5.34. The van der Waals surface area contributed by atoms with Crippen molar-refractivity contribution in [3.8, 4) is 5.75 Å². The summed E-state index contributed by atoms with van der Waals surface area (Å²) in [5.74, 6) is 1.11. The second kappa shape index (κ2) is 7.78. The van der Waals surface area contributed by atoms with Crippen molar-refractivity contribution in [3.05, 3.63) is 40.4 Å². The number of amides is 1. The fourth-order valence-corrected chi connectivity index (χ4v) is 4.03. The highest BCUT2D eigenvalue weighted by molar-refractivity contribution is 7.15. The number of nitrogens with one attached hydrogen (secondary N) is 1. The molecule has 1 aliphatic carbocycles. The van der Waals surface area contributed by atoms with Crippen LogP contribution in [0.25, 0.3) is 0 Å². The Morgan fingerprint density at radius 2 is 2.08 bits per heavy atom. The van der Waals surface area contributed by atoms with Gasteiger partial charge in [-0.3, -0.25) is 14.9 Å². The standard InChI is InChI=1S/C19H22N2O3S/c1-3-16(22)13-5-7-14(8-6-13)24-11-18(23)21-19-20-15-9-4-12(2)10-17(15)25-19/h5-8,12H,3-4,9-11H2,1-2H3,(H,20,21,23). The van der Waals surface area contributed by atoms with E-state index in [9.17, 15) is 9.59 Å². The molecule has 2 aromatic rings. The number of carbonyl (C=O) groups is 2. The molecule has 0 bridgehead atoms. The first-order valence-corrected chi connectivity index (χ1v) is 9.41. The average Bonchev–Trinajstić information content (AvgIpc) is 3.01. The summed E-state index contributed by atoms with van der Waals surface area (Å²) in [6, 6.07) is 6.85. The number of thiazole rings is 1. The number of nitrogens with zero attached hydrogens (tertiary/aromatic N) is 1. The van der Waals surface area contributed by atoms with Crippen molar-refractivity contribution in [2.45, 2.75) is 39.5 Å². The molecule has 1 amide bonds. The molecule has 0 aliphatic heterocycles. The number of carbonyl (C=O) groups excluding carboxylic acids is 2.